The maximum absolute atomic E-state index is 14.1. The molecule has 0 bridgehead atoms. The SMILES string of the molecule is N#C[C@H]1CC(F)(F)CN1C(=O)CNC(=O)c1ccnc2ccc(OCCCN3CCN(C(=O)CN4C(=O)CC(S[C@H](CCCCCNC(=O)CCCc5ccc(I)cc5)CNC(=O)CN5CCN(CC(=O)O)CCN(CC(=O)O)CCN(CC(=O)O)CC5)C4=O)CC3)cc12. The van der Waals surface area contributed by atoms with Crippen molar-refractivity contribution in [2.45, 2.75) is 86.7 Å². The highest BCUT2D eigenvalue weighted by Gasteiger charge is 2.47. The second kappa shape index (κ2) is 37.2. The number of fused-ring (bicyclic) bond motifs is 1. The van der Waals surface area contributed by atoms with Crippen molar-refractivity contribution >= 4 is 105 Å². The van der Waals surface area contributed by atoms with Crippen LogP contribution < -0.4 is 20.7 Å². The third-order valence-electron chi connectivity index (χ3n) is 16.8. The summed E-state index contributed by atoms with van der Waals surface area (Å²) in [4.78, 5) is 146. The van der Waals surface area contributed by atoms with E-state index < -0.39 is 84.8 Å². The molecule has 6 N–H and O–H groups in total. The van der Waals surface area contributed by atoms with Crippen molar-refractivity contribution in [3.63, 3.8) is 0 Å². The van der Waals surface area contributed by atoms with Gasteiger partial charge in [-0.1, -0.05) is 25.0 Å². The van der Waals surface area contributed by atoms with E-state index in [1.54, 1.807) is 43.9 Å². The molecule has 3 atom stereocenters. The van der Waals surface area contributed by atoms with Crippen LogP contribution in [0.4, 0.5) is 8.78 Å². The summed E-state index contributed by atoms with van der Waals surface area (Å²) in [7, 11) is 0. The minimum atomic E-state index is -3.20. The fraction of sp³-hybridized carbons (Fsp3) is 0.587. The van der Waals surface area contributed by atoms with Crippen molar-refractivity contribution in [1.29, 1.82) is 5.26 Å². The molecule has 3 aromatic rings. The molecule has 1 aromatic heterocycles. The Bertz CT molecular complexity index is 3150. The highest BCUT2D eigenvalue weighted by atomic mass is 127. The normalized spacial score (nSPS) is 19.2. The van der Waals surface area contributed by atoms with E-state index in [-0.39, 0.29) is 120 Å². The number of hydrogen-bond donors (Lipinski definition) is 6. The first-order chi connectivity index (χ1) is 45.0. The zero-order chi connectivity index (χ0) is 67.7. The molecule has 27 nitrogen and oxygen atoms in total. The summed E-state index contributed by atoms with van der Waals surface area (Å²) in [5, 5.41) is 45.9. The predicted octanol–water partition coefficient (Wildman–Crippen LogP) is 1.76. The number of aromatic nitrogens is 1. The summed E-state index contributed by atoms with van der Waals surface area (Å²) in [6.45, 7) is 2.11. The smallest absolute Gasteiger partial charge is 0.317 e. The lowest BCUT2D eigenvalue weighted by molar-refractivity contribution is -0.146. The van der Waals surface area contributed by atoms with Crippen LogP contribution in [0.3, 0.4) is 0 Å². The highest BCUT2D eigenvalue weighted by molar-refractivity contribution is 14.1. The van der Waals surface area contributed by atoms with E-state index in [2.05, 4.69) is 60.6 Å². The van der Waals surface area contributed by atoms with Gasteiger partial charge < -0.3 is 45.8 Å². The minimum absolute atomic E-state index is 0.0335. The molecule has 7 rings (SSSR count). The van der Waals surface area contributed by atoms with E-state index in [1.807, 2.05) is 17.0 Å². The van der Waals surface area contributed by atoms with E-state index in [1.165, 1.54) is 29.6 Å². The van der Waals surface area contributed by atoms with Gasteiger partial charge in [0.1, 0.15) is 18.3 Å². The van der Waals surface area contributed by atoms with Crippen molar-refractivity contribution in [1.82, 2.24) is 60.1 Å². The number of nitrogens with one attached hydrogen (secondary N) is 3. The Kier molecular flexibility index (Phi) is 29.3. The number of alkyl halides is 2. The lowest BCUT2D eigenvalue weighted by Gasteiger charge is -2.35. The number of thioether (sulfide) groups is 1. The van der Waals surface area contributed by atoms with Gasteiger partial charge in [0, 0.05) is 138 Å². The summed E-state index contributed by atoms with van der Waals surface area (Å²) in [6.07, 6.45) is 5.64. The fourth-order valence-corrected chi connectivity index (χ4v) is 13.4. The van der Waals surface area contributed by atoms with Gasteiger partial charge in [-0.2, -0.15) is 5.26 Å². The average Bonchev–Trinajstić information content (AvgIpc) is 1.48. The number of nitriles is 1. The van der Waals surface area contributed by atoms with Crippen LogP contribution >= 0.6 is 34.4 Å². The Morgan fingerprint density at radius 2 is 1.33 bits per heavy atom. The topological polar surface area (TPSA) is 339 Å². The Balaban J connectivity index is 0.881. The molecule has 31 heteroatoms. The number of carbonyl (C=O) groups excluding carboxylic acids is 7. The molecule has 5 heterocycles. The zero-order valence-electron chi connectivity index (χ0n) is 52.6. The van der Waals surface area contributed by atoms with Gasteiger partial charge in [0.05, 0.1) is 68.3 Å². The van der Waals surface area contributed by atoms with Gasteiger partial charge in [-0.3, -0.25) is 82.3 Å². The third-order valence-corrected chi connectivity index (χ3v) is 19.0. The molecule has 7 amide bonds. The molecule has 512 valence electrons. The minimum Gasteiger partial charge on any atom is -0.494 e. The van der Waals surface area contributed by atoms with Crippen LogP contribution in [0.1, 0.15) is 73.7 Å². The predicted molar refractivity (Wildman–Crippen MR) is 350 cm³/mol. The number of aliphatic carboxylic acids is 3. The van der Waals surface area contributed by atoms with Crippen LogP contribution in [0.2, 0.25) is 0 Å². The quantitative estimate of drug-likeness (QED) is 0.0295. The number of benzene rings is 2. The summed E-state index contributed by atoms with van der Waals surface area (Å²) >= 11 is 3.52. The van der Waals surface area contributed by atoms with Crippen LogP contribution in [0.5, 0.6) is 5.75 Å². The van der Waals surface area contributed by atoms with Crippen molar-refractivity contribution in [2.24, 2.45) is 0 Å². The molecular formula is C63H84F2IN13O14S. The lowest BCUT2D eigenvalue weighted by atomic mass is 10.1. The van der Waals surface area contributed by atoms with Gasteiger partial charge in [0.2, 0.25) is 35.4 Å². The van der Waals surface area contributed by atoms with Gasteiger partial charge in [0.25, 0.3) is 11.8 Å². The second-order valence-corrected chi connectivity index (χ2v) is 26.7. The number of likely N-dealkylation sites (tertiary alicyclic amines) is 2. The number of carboxylic acid groups (broad SMARTS) is 3. The number of pyridine rings is 1. The Morgan fingerprint density at radius 3 is 1.95 bits per heavy atom. The third kappa shape index (κ3) is 24.5. The first-order valence-electron chi connectivity index (χ1n) is 31.7. The molecule has 0 radical (unpaired) electrons. The summed E-state index contributed by atoms with van der Waals surface area (Å²) in [5.41, 5.74) is 1.82. The summed E-state index contributed by atoms with van der Waals surface area (Å²) < 4.78 is 35.1. The number of aryl methyl sites for hydroxylation is 1. The van der Waals surface area contributed by atoms with Gasteiger partial charge in [-0.15, -0.1) is 11.8 Å². The number of amides is 7. The second-order valence-electron chi connectivity index (χ2n) is 23.9. The van der Waals surface area contributed by atoms with Crippen LogP contribution in [0.15, 0.2) is 54.7 Å². The number of ether oxygens (including phenoxy) is 1. The van der Waals surface area contributed by atoms with Crippen molar-refractivity contribution in [2.75, 3.05) is 151 Å². The zero-order valence-corrected chi connectivity index (χ0v) is 55.6. The number of rotatable bonds is 32. The Hall–Kier alpha value is -7.22. The number of unbranched alkanes of at least 4 members (excludes halogenated alkanes) is 2. The monoisotopic (exact) mass is 1440 g/mol. The number of halogens is 3. The van der Waals surface area contributed by atoms with Crippen LogP contribution in [0.25, 0.3) is 10.9 Å². The molecule has 0 spiro atoms. The Morgan fingerprint density at radius 1 is 0.713 bits per heavy atom. The molecule has 4 fully saturated rings. The van der Waals surface area contributed by atoms with E-state index in [9.17, 15) is 77.3 Å². The van der Waals surface area contributed by atoms with Gasteiger partial charge >= 0.3 is 17.9 Å². The largest absolute Gasteiger partial charge is 0.494 e. The van der Waals surface area contributed by atoms with Crippen molar-refractivity contribution in [3.8, 4) is 11.8 Å². The molecule has 0 aliphatic carbocycles. The van der Waals surface area contributed by atoms with E-state index in [0.717, 1.165) is 26.2 Å². The van der Waals surface area contributed by atoms with Crippen LogP contribution in [-0.4, -0.2) is 292 Å². The molecule has 0 saturated carbocycles. The number of nitrogens with zero attached hydrogens (tertiary/aromatic N) is 10. The molecule has 94 heavy (non-hydrogen) atoms. The summed E-state index contributed by atoms with van der Waals surface area (Å²) in [5.74, 6) is -9.16. The molecular weight excluding hydrogens is 1360 g/mol. The molecule has 1 unspecified atom stereocenters. The van der Waals surface area contributed by atoms with Crippen LogP contribution in [0, 0.1) is 14.9 Å². The van der Waals surface area contributed by atoms with Crippen molar-refractivity contribution in [3.05, 3.63) is 69.4 Å². The fourth-order valence-electron chi connectivity index (χ4n) is 11.6. The van der Waals surface area contributed by atoms with E-state index >= 15 is 0 Å². The Labute approximate surface area is 562 Å². The molecule has 4 aliphatic heterocycles. The first-order valence-corrected chi connectivity index (χ1v) is 33.7. The van der Waals surface area contributed by atoms with E-state index in [0.29, 0.717) is 101 Å². The molecule has 4 saturated heterocycles. The number of imide groups is 1. The maximum Gasteiger partial charge on any atom is 0.317 e. The number of hydrogen-bond acceptors (Lipinski definition) is 19. The lowest BCUT2D eigenvalue weighted by Crippen LogP contribution is -2.52. The standard InChI is InChI=1S/C63H84F2IN13O14S/c64-63(65)34-46(35-67)79(43-63)56(83)37-71-61(91)49-15-17-68-51-14-13-47(32-50(49)51)93-31-5-18-72-27-29-77(30-28-72)57(84)39-78-55(82)33-52(62(78)92)94-48(7-2-1-3-16-69-53(80)8-4-6-44-9-11-45(66)12-10-44)36-70-54(81)38-73-19-21-74(40-58(85)86)23-25-76(42-60(89)90)26-24-75(22-20-73)41-59(87)88/h9-15,17,32,46,48,52H,1-8,16,18-31,33-34,36-43H2,(H,69,80)(H,70,81)(H,71,91)(H,85,86)(H,87,88)(H,89,90)/t46-,48-,52?/m1/s1. The first kappa shape index (κ1) is 74.2. The molecule has 4 aliphatic rings. The van der Waals surface area contributed by atoms with Gasteiger partial charge in [-0.25, -0.2) is 8.78 Å². The van der Waals surface area contributed by atoms with E-state index in [4.69, 9.17) is 4.74 Å². The maximum atomic E-state index is 14.1. The van der Waals surface area contributed by atoms with Gasteiger partial charge in [0.15, 0.2) is 0 Å². The number of carboxylic acids is 3. The van der Waals surface area contributed by atoms with Gasteiger partial charge in [-0.05, 0) is 96.7 Å². The molecule has 2 aromatic carbocycles. The van der Waals surface area contributed by atoms with Crippen LogP contribution in [-0.2, 0) is 49.6 Å². The average molecular weight is 1440 g/mol. The summed E-state index contributed by atoms with van der Waals surface area (Å²) in [6, 6.07) is 15.1. The van der Waals surface area contributed by atoms with Crippen molar-refractivity contribution < 1.29 is 76.8 Å². The number of piperazine rings is 1. The highest BCUT2D eigenvalue weighted by Crippen LogP contribution is 2.33. The number of carbonyl (C=O) groups is 10.